The predicted molar refractivity (Wildman–Crippen MR) is 45.3 cm³/mol. The first-order valence-corrected chi connectivity index (χ1v) is 3.77. The van der Waals surface area contributed by atoms with Crippen molar-refractivity contribution in [2.24, 2.45) is 0 Å². The SMILES string of the molecule is CC(c1cnc(N)nc1N)C(F)(F)F. The lowest BCUT2D eigenvalue weighted by Crippen LogP contribution is -2.20. The third-order valence-corrected chi connectivity index (χ3v) is 1.82. The standard InChI is InChI=1S/C7H9F3N4/c1-3(7(8,9)10)4-2-13-6(12)14-5(4)11/h2-3H,1H3,(H4,11,12,13,14). The Morgan fingerprint density at radius 2 is 1.93 bits per heavy atom. The molecule has 0 saturated heterocycles. The van der Waals surface area contributed by atoms with Crippen LogP contribution < -0.4 is 11.5 Å². The van der Waals surface area contributed by atoms with Crippen molar-refractivity contribution in [3.05, 3.63) is 11.8 Å². The molecule has 0 aliphatic carbocycles. The maximum atomic E-state index is 12.3. The van der Waals surface area contributed by atoms with Gasteiger partial charge in [0.15, 0.2) is 0 Å². The van der Waals surface area contributed by atoms with Crippen LogP contribution in [0.15, 0.2) is 6.20 Å². The Hall–Kier alpha value is -1.53. The minimum Gasteiger partial charge on any atom is -0.383 e. The van der Waals surface area contributed by atoms with Crippen LogP contribution in [0.25, 0.3) is 0 Å². The van der Waals surface area contributed by atoms with Gasteiger partial charge in [0.1, 0.15) is 5.82 Å². The Morgan fingerprint density at radius 1 is 1.36 bits per heavy atom. The van der Waals surface area contributed by atoms with Crippen LogP contribution in [-0.4, -0.2) is 16.1 Å². The van der Waals surface area contributed by atoms with Crippen LogP contribution in [0.4, 0.5) is 24.9 Å². The first kappa shape index (κ1) is 10.6. The molecule has 0 amide bonds. The van der Waals surface area contributed by atoms with Gasteiger partial charge in [0, 0.05) is 11.8 Å². The third kappa shape index (κ3) is 2.04. The van der Waals surface area contributed by atoms with E-state index in [1.54, 1.807) is 0 Å². The summed E-state index contributed by atoms with van der Waals surface area (Å²) in [5, 5.41) is 0. The molecule has 0 saturated carbocycles. The highest BCUT2D eigenvalue weighted by molar-refractivity contribution is 5.43. The monoisotopic (exact) mass is 206 g/mol. The van der Waals surface area contributed by atoms with Crippen LogP contribution in [0.2, 0.25) is 0 Å². The van der Waals surface area contributed by atoms with Gasteiger partial charge in [0.2, 0.25) is 5.95 Å². The maximum absolute atomic E-state index is 12.3. The topological polar surface area (TPSA) is 77.8 Å². The number of nitrogens with two attached hydrogens (primary N) is 2. The number of halogens is 3. The van der Waals surface area contributed by atoms with E-state index in [2.05, 4.69) is 9.97 Å². The summed E-state index contributed by atoms with van der Waals surface area (Å²) < 4.78 is 36.8. The van der Waals surface area contributed by atoms with Gasteiger partial charge >= 0.3 is 6.18 Å². The van der Waals surface area contributed by atoms with Crippen molar-refractivity contribution in [2.75, 3.05) is 11.5 Å². The second-order valence-electron chi connectivity index (χ2n) is 2.83. The molecule has 1 aromatic rings. The van der Waals surface area contributed by atoms with Crippen molar-refractivity contribution in [3.8, 4) is 0 Å². The summed E-state index contributed by atoms with van der Waals surface area (Å²) in [4.78, 5) is 6.91. The van der Waals surface area contributed by atoms with Crippen LogP contribution in [0.3, 0.4) is 0 Å². The summed E-state index contributed by atoms with van der Waals surface area (Å²) in [7, 11) is 0. The summed E-state index contributed by atoms with van der Waals surface area (Å²) in [5.41, 5.74) is 10.3. The highest BCUT2D eigenvalue weighted by Crippen LogP contribution is 2.35. The molecule has 0 aromatic carbocycles. The van der Waals surface area contributed by atoms with Gasteiger partial charge < -0.3 is 11.5 Å². The van der Waals surface area contributed by atoms with Gasteiger partial charge in [-0.1, -0.05) is 0 Å². The highest BCUT2D eigenvalue weighted by atomic mass is 19.4. The highest BCUT2D eigenvalue weighted by Gasteiger charge is 2.38. The van der Waals surface area contributed by atoms with Crippen molar-refractivity contribution >= 4 is 11.8 Å². The number of aromatic nitrogens is 2. The molecule has 1 unspecified atom stereocenters. The molecule has 4 nitrogen and oxygen atoms in total. The summed E-state index contributed by atoms with van der Waals surface area (Å²) in [6.07, 6.45) is -3.36. The number of hydrogen-bond donors (Lipinski definition) is 2. The fourth-order valence-corrected chi connectivity index (χ4v) is 0.929. The van der Waals surface area contributed by atoms with Crippen LogP contribution in [0, 0.1) is 0 Å². The van der Waals surface area contributed by atoms with Gasteiger partial charge in [0.25, 0.3) is 0 Å². The molecule has 1 heterocycles. The number of anilines is 2. The van der Waals surface area contributed by atoms with E-state index in [1.807, 2.05) is 0 Å². The number of nitrogen functional groups attached to an aromatic ring is 2. The number of rotatable bonds is 1. The van der Waals surface area contributed by atoms with E-state index in [0.717, 1.165) is 13.1 Å². The van der Waals surface area contributed by atoms with Crippen LogP contribution in [-0.2, 0) is 0 Å². The Labute approximate surface area is 78.1 Å². The summed E-state index contributed by atoms with van der Waals surface area (Å²) >= 11 is 0. The quantitative estimate of drug-likeness (QED) is 0.726. The van der Waals surface area contributed by atoms with Crippen LogP contribution >= 0.6 is 0 Å². The van der Waals surface area contributed by atoms with E-state index in [4.69, 9.17) is 11.5 Å². The molecule has 1 rings (SSSR count). The molecule has 0 radical (unpaired) electrons. The van der Waals surface area contributed by atoms with E-state index >= 15 is 0 Å². The molecule has 78 valence electrons. The summed E-state index contributed by atoms with van der Waals surface area (Å²) in [6, 6.07) is 0. The van der Waals surface area contributed by atoms with Crippen LogP contribution in [0.1, 0.15) is 18.4 Å². The van der Waals surface area contributed by atoms with Gasteiger partial charge in [-0.25, -0.2) is 4.98 Å². The Morgan fingerprint density at radius 3 is 2.36 bits per heavy atom. The van der Waals surface area contributed by atoms with Gasteiger partial charge in [0.05, 0.1) is 5.92 Å². The second-order valence-corrected chi connectivity index (χ2v) is 2.83. The lowest BCUT2D eigenvalue weighted by atomic mass is 10.0. The minimum atomic E-state index is -4.35. The number of nitrogens with zero attached hydrogens (tertiary/aromatic N) is 2. The zero-order valence-electron chi connectivity index (χ0n) is 7.34. The van der Waals surface area contributed by atoms with E-state index in [-0.39, 0.29) is 17.3 Å². The molecular weight excluding hydrogens is 197 g/mol. The van der Waals surface area contributed by atoms with Gasteiger partial charge in [-0.2, -0.15) is 18.2 Å². The van der Waals surface area contributed by atoms with E-state index in [1.165, 1.54) is 0 Å². The molecule has 4 N–H and O–H groups in total. The van der Waals surface area contributed by atoms with Crippen LogP contribution in [0.5, 0.6) is 0 Å². The largest absolute Gasteiger partial charge is 0.395 e. The first-order valence-electron chi connectivity index (χ1n) is 3.77. The number of alkyl halides is 3. The molecule has 1 atom stereocenters. The molecule has 14 heavy (non-hydrogen) atoms. The molecule has 0 fully saturated rings. The molecule has 0 spiro atoms. The summed E-state index contributed by atoms with van der Waals surface area (Å²) in [5.74, 6) is -2.06. The molecular formula is C7H9F3N4. The van der Waals surface area contributed by atoms with Gasteiger partial charge in [-0.05, 0) is 6.92 Å². The maximum Gasteiger partial charge on any atom is 0.395 e. The van der Waals surface area contributed by atoms with Gasteiger partial charge in [-0.15, -0.1) is 0 Å². The fourth-order valence-electron chi connectivity index (χ4n) is 0.929. The lowest BCUT2D eigenvalue weighted by Gasteiger charge is -2.16. The average molecular weight is 206 g/mol. The molecule has 0 aliphatic heterocycles. The Kier molecular flexibility index (Phi) is 2.50. The van der Waals surface area contributed by atoms with Gasteiger partial charge in [-0.3, -0.25) is 0 Å². The smallest absolute Gasteiger partial charge is 0.383 e. The fraction of sp³-hybridized carbons (Fsp3) is 0.429. The van der Waals surface area contributed by atoms with E-state index in [0.29, 0.717) is 0 Å². The Bertz CT molecular complexity index is 336. The minimum absolute atomic E-state index is 0.138. The van der Waals surface area contributed by atoms with E-state index in [9.17, 15) is 13.2 Å². The molecule has 0 bridgehead atoms. The van der Waals surface area contributed by atoms with Crippen molar-refractivity contribution in [3.63, 3.8) is 0 Å². The summed E-state index contributed by atoms with van der Waals surface area (Å²) in [6.45, 7) is 0.991. The molecule has 0 aliphatic rings. The average Bonchev–Trinajstić information content (AvgIpc) is 2.01. The van der Waals surface area contributed by atoms with Crippen molar-refractivity contribution in [1.82, 2.24) is 9.97 Å². The second kappa shape index (κ2) is 3.32. The zero-order valence-corrected chi connectivity index (χ0v) is 7.34. The molecule has 7 heteroatoms. The Balaban J connectivity index is 3.08. The normalized spacial score (nSPS) is 14.0. The van der Waals surface area contributed by atoms with Crippen molar-refractivity contribution in [1.29, 1.82) is 0 Å². The van der Waals surface area contributed by atoms with E-state index < -0.39 is 12.1 Å². The zero-order chi connectivity index (χ0) is 10.9. The lowest BCUT2D eigenvalue weighted by molar-refractivity contribution is -0.146. The van der Waals surface area contributed by atoms with Crippen molar-refractivity contribution < 1.29 is 13.2 Å². The number of hydrogen-bond acceptors (Lipinski definition) is 4. The first-order chi connectivity index (χ1) is 6.32. The third-order valence-electron chi connectivity index (χ3n) is 1.82. The predicted octanol–water partition coefficient (Wildman–Crippen LogP) is 1.31. The van der Waals surface area contributed by atoms with Crippen molar-refractivity contribution in [2.45, 2.75) is 19.0 Å². The molecule has 1 aromatic heterocycles.